The first-order valence-corrected chi connectivity index (χ1v) is 8.46. The number of nitrogens with zero attached hydrogens (tertiary/aromatic N) is 1. The minimum absolute atomic E-state index is 0.0713. The number of hydrogen-bond acceptors (Lipinski definition) is 3. The van der Waals surface area contributed by atoms with Crippen LogP contribution in [0, 0.1) is 0 Å². The fourth-order valence-corrected chi connectivity index (χ4v) is 4.06. The summed E-state index contributed by atoms with van der Waals surface area (Å²) in [5.74, 6) is -0.127. The summed E-state index contributed by atoms with van der Waals surface area (Å²) < 4.78 is 27.7. The number of sulfonamides is 1. The molecule has 0 atom stereocenters. The first-order chi connectivity index (χ1) is 8.74. The Morgan fingerprint density at radius 2 is 1.95 bits per heavy atom. The maximum atomic E-state index is 12.0. The van der Waals surface area contributed by atoms with Gasteiger partial charge in [0.05, 0.1) is 4.90 Å². The fraction of sp³-hybridized carbons (Fsp3) is 0.364. The molecule has 0 radical (unpaired) electrons. The van der Waals surface area contributed by atoms with Crippen LogP contribution in [0.3, 0.4) is 0 Å². The normalized spacial score (nSPS) is 11.4. The average Bonchev–Trinajstić information content (AvgIpc) is 2.27. The van der Waals surface area contributed by atoms with Crippen molar-refractivity contribution in [2.24, 2.45) is 0 Å². The van der Waals surface area contributed by atoms with Crippen LogP contribution in [-0.4, -0.2) is 39.9 Å². The van der Waals surface area contributed by atoms with E-state index in [4.69, 9.17) is 0 Å². The Balaban J connectivity index is 2.74. The van der Waals surface area contributed by atoms with Gasteiger partial charge in [-0.2, -0.15) is 0 Å². The van der Waals surface area contributed by atoms with Crippen LogP contribution in [0.5, 0.6) is 0 Å². The second-order valence-corrected chi connectivity index (χ2v) is 7.52. The Morgan fingerprint density at radius 1 is 1.32 bits per heavy atom. The fourth-order valence-electron chi connectivity index (χ4n) is 1.29. The Labute approximate surface area is 129 Å². The van der Waals surface area contributed by atoms with Crippen molar-refractivity contribution in [2.45, 2.75) is 11.3 Å². The third-order valence-electron chi connectivity index (χ3n) is 2.31. The summed E-state index contributed by atoms with van der Waals surface area (Å²) in [5.41, 5.74) is 0. The van der Waals surface area contributed by atoms with Crippen molar-refractivity contribution >= 4 is 47.8 Å². The van der Waals surface area contributed by atoms with Crippen molar-refractivity contribution in [1.82, 2.24) is 9.62 Å². The zero-order chi connectivity index (χ0) is 14.6. The molecule has 0 aliphatic rings. The molecule has 0 spiro atoms. The molecule has 0 heterocycles. The van der Waals surface area contributed by atoms with Gasteiger partial charge in [0.2, 0.25) is 15.9 Å². The van der Waals surface area contributed by atoms with Crippen molar-refractivity contribution in [3.8, 4) is 0 Å². The molecule has 0 aliphatic heterocycles. The third-order valence-corrected chi connectivity index (χ3v) is 5.24. The molecule has 0 bridgehead atoms. The summed E-state index contributed by atoms with van der Waals surface area (Å²) in [6, 6.07) is 4.79. The summed E-state index contributed by atoms with van der Waals surface area (Å²) in [4.78, 5) is 12.9. The average molecular weight is 414 g/mol. The van der Waals surface area contributed by atoms with E-state index in [1.807, 2.05) is 0 Å². The van der Waals surface area contributed by atoms with Crippen molar-refractivity contribution in [1.29, 1.82) is 0 Å². The van der Waals surface area contributed by atoms with Gasteiger partial charge in [-0.1, -0.05) is 15.9 Å². The van der Waals surface area contributed by atoms with Gasteiger partial charge in [0, 0.05) is 36.0 Å². The summed E-state index contributed by atoms with van der Waals surface area (Å²) in [7, 11) is -0.363. The zero-order valence-corrected chi connectivity index (χ0v) is 14.5. The number of hydrogen-bond donors (Lipinski definition) is 1. The highest BCUT2D eigenvalue weighted by Gasteiger charge is 2.17. The monoisotopic (exact) mass is 412 g/mol. The van der Waals surface area contributed by atoms with Gasteiger partial charge in [0.1, 0.15) is 0 Å². The largest absolute Gasteiger partial charge is 0.349 e. The molecular formula is C11H14Br2N2O3S. The molecule has 0 aliphatic carbocycles. The van der Waals surface area contributed by atoms with Crippen molar-refractivity contribution in [2.75, 3.05) is 20.6 Å². The molecule has 0 saturated heterocycles. The van der Waals surface area contributed by atoms with Crippen LogP contribution in [-0.2, 0) is 14.8 Å². The Kier molecular flexibility index (Phi) is 5.97. The van der Waals surface area contributed by atoms with Gasteiger partial charge < -0.3 is 4.90 Å². The van der Waals surface area contributed by atoms with Crippen LogP contribution < -0.4 is 4.72 Å². The molecule has 0 fully saturated rings. The highest BCUT2D eigenvalue weighted by Crippen LogP contribution is 2.25. The topological polar surface area (TPSA) is 66.5 Å². The number of carbonyl (C=O) groups is 1. The number of amides is 1. The molecule has 5 nitrogen and oxygen atoms in total. The first-order valence-electron chi connectivity index (χ1n) is 5.39. The van der Waals surface area contributed by atoms with E-state index in [1.54, 1.807) is 26.2 Å². The summed E-state index contributed by atoms with van der Waals surface area (Å²) in [6.07, 6.45) is 0.125. The first kappa shape index (κ1) is 16.6. The molecule has 1 aromatic rings. The number of benzene rings is 1. The quantitative estimate of drug-likeness (QED) is 0.802. The molecule has 106 valence electrons. The number of carbonyl (C=O) groups excluding carboxylic acids is 1. The van der Waals surface area contributed by atoms with E-state index in [0.29, 0.717) is 4.47 Å². The summed E-state index contributed by atoms with van der Waals surface area (Å²) in [5, 5.41) is 0. The molecule has 1 aromatic carbocycles. The highest BCUT2D eigenvalue weighted by atomic mass is 79.9. The van der Waals surface area contributed by atoms with Crippen LogP contribution in [0.15, 0.2) is 32.0 Å². The summed E-state index contributed by atoms with van der Waals surface area (Å²) in [6.45, 7) is 0.0713. The molecule has 0 saturated carbocycles. The van der Waals surface area contributed by atoms with Gasteiger partial charge in [-0.3, -0.25) is 4.79 Å². The van der Waals surface area contributed by atoms with E-state index < -0.39 is 10.0 Å². The predicted molar refractivity (Wildman–Crippen MR) is 80.3 cm³/mol. The predicted octanol–water partition coefficient (Wildman–Crippen LogP) is 1.97. The van der Waals surface area contributed by atoms with E-state index in [9.17, 15) is 13.2 Å². The van der Waals surface area contributed by atoms with Gasteiger partial charge in [0.15, 0.2) is 0 Å². The smallest absolute Gasteiger partial charge is 0.241 e. The Bertz CT molecular complexity index is 573. The number of rotatable bonds is 5. The lowest BCUT2D eigenvalue weighted by Crippen LogP contribution is -2.30. The highest BCUT2D eigenvalue weighted by molar-refractivity contribution is 9.11. The van der Waals surface area contributed by atoms with Gasteiger partial charge in [0.25, 0.3) is 0 Å². The molecular weight excluding hydrogens is 400 g/mol. The molecule has 1 rings (SSSR count). The maximum Gasteiger partial charge on any atom is 0.241 e. The Hall–Kier alpha value is -0.440. The van der Waals surface area contributed by atoms with Crippen LogP contribution in [0.1, 0.15) is 6.42 Å². The van der Waals surface area contributed by atoms with Gasteiger partial charge in [-0.15, -0.1) is 0 Å². The van der Waals surface area contributed by atoms with Crippen LogP contribution in [0.2, 0.25) is 0 Å². The molecule has 0 unspecified atom stereocenters. The lowest BCUT2D eigenvalue weighted by Gasteiger charge is -2.11. The number of nitrogens with one attached hydrogen (secondary N) is 1. The van der Waals surface area contributed by atoms with E-state index >= 15 is 0 Å². The standard InChI is InChI=1S/C11H14Br2N2O3S/c1-15(2)11(16)5-6-14-19(17,18)10-4-3-8(12)7-9(10)13/h3-4,7,14H,5-6H2,1-2H3. The zero-order valence-electron chi connectivity index (χ0n) is 10.5. The molecule has 1 amide bonds. The third kappa shape index (κ3) is 4.87. The van der Waals surface area contributed by atoms with Crippen LogP contribution in [0.25, 0.3) is 0 Å². The van der Waals surface area contributed by atoms with Crippen molar-refractivity contribution in [3.05, 3.63) is 27.1 Å². The van der Waals surface area contributed by atoms with Gasteiger partial charge >= 0.3 is 0 Å². The summed E-state index contributed by atoms with van der Waals surface area (Å²) >= 11 is 6.46. The maximum absolute atomic E-state index is 12.0. The second-order valence-electron chi connectivity index (χ2n) is 4.01. The minimum atomic E-state index is -3.62. The van der Waals surface area contributed by atoms with Crippen LogP contribution in [0.4, 0.5) is 0 Å². The Morgan fingerprint density at radius 3 is 2.47 bits per heavy atom. The lowest BCUT2D eigenvalue weighted by atomic mass is 10.4. The molecule has 0 aromatic heterocycles. The minimum Gasteiger partial charge on any atom is -0.349 e. The molecule has 1 N–H and O–H groups in total. The van der Waals surface area contributed by atoms with Crippen LogP contribution >= 0.6 is 31.9 Å². The molecule has 19 heavy (non-hydrogen) atoms. The van der Waals surface area contributed by atoms with Crippen molar-refractivity contribution in [3.63, 3.8) is 0 Å². The van der Waals surface area contributed by atoms with E-state index in [-0.39, 0.29) is 23.8 Å². The SMILES string of the molecule is CN(C)C(=O)CCNS(=O)(=O)c1ccc(Br)cc1Br. The molecule has 8 heteroatoms. The van der Waals surface area contributed by atoms with E-state index in [2.05, 4.69) is 36.6 Å². The van der Waals surface area contributed by atoms with Gasteiger partial charge in [-0.05, 0) is 34.1 Å². The van der Waals surface area contributed by atoms with E-state index in [1.165, 1.54) is 11.0 Å². The lowest BCUT2D eigenvalue weighted by molar-refractivity contribution is -0.128. The van der Waals surface area contributed by atoms with Crippen molar-refractivity contribution < 1.29 is 13.2 Å². The van der Waals surface area contributed by atoms with E-state index in [0.717, 1.165) is 4.47 Å². The second kappa shape index (κ2) is 6.83. The number of halogens is 2. The van der Waals surface area contributed by atoms with Gasteiger partial charge in [-0.25, -0.2) is 13.1 Å².